The molecule has 1 fully saturated rings. The quantitative estimate of drug-likeness (QED) is 0.408. The number of hydrogen-bond donors (Lipinski definition) is 1. The fourth-order valence-electron chi connectivity index (χ4n) is 2.04. The third-order valence-corrected chi connectivity index (χ3v) is 5.23. The van der Waals surface area contributed by atoms with E-state index in [9.17, 15) is 0 Å². The van der Waals surface area contributed by atoms with Gasteiger partial charge in [-0.3, -0.25) is 4.90 Å². The highest BCUT2D eigenvalue weighted by Gasteiger charge is 2.31. The maximum atomic E-state index is 5.61. The van der Waals surface area contributed by atoms with Crippen molar-refractivity contribution in [2.45, 2.75) is 19.4 Å². The molecule has 22 heavy (non-hydrogen) atoms. The van der Waals surface area contributed by atoms with Gasteiger partial charge in [0, 0.05) is 27.3 Å². The van der Waals surface area contributed by atoms with Gasteiger partial charge in [0.1, 0.15) is 0 Å². The second-order valence-electron chi connectivity index (χ2n) is 4.67. The Morgan fingerprint density at radius 2 is 2.45 bits per heavy atom. The second-order valence-corrected chi connectivity index (χ2v) is 7.29. The van der Waals surface area contributed by atoms with Crippen LogP contribution in [0.15, 0.2) is 54.2 Å². The molecule has 1 aliphatic rings. The lowest BCUT2D eigenvalue weighted by Crippen LogP contribution is -2.41. The summed E-state index contributed by atoms with van der Waals surface area (Å²) in [4.78, 5) is 6.62. The van der Waals surface area contributed by atoms with E-state index >= 15 is 0 Å². The summed E-state index contributed by atoms with van der Waals surface area (Å²) in [5.74, 6) is 1.01. The number of amidine groups is 1. The average molecular weight is 443 g/mol. The molecule has 1 saturated heterocycles. The minimum Gasteiger partial charge on any atom is -0.332 e. The average Bonchev–Trinajstić information content (AvgIpc) is 2.90. The lowest BCUT2D eigenvalue weighted by atomic mass is 10.2. The summed E-state index contributed by atoms with van der Waals surface area (Å²) in [6, 6.07) is 8.55. The van der Waals surface area contributed by atoms with Gasteiger partial charge in [-0.1, -0.05) is 37.4 Å². The van der Waals surface area contributed by atoms with Gasteiger partial charge in [-0.2, -0.15) is 0 Å². The molecule has 0 spiro atoms. The molecule has 0 bridgehead atoms. The van der Waals surface area contributed by atoms with E-state index in [1.807, 2.05) is 18.2 Å². The molecule has 0 saturated carbocycles. The Bertz CT molecular complexity index is 613. The number of allylic oxidation sites excluding steroid dienone is 2. The number of thiocarbonyl (C=S) groups is 1. The van der Waals surface area contributed by atoms with Crippen LogP contribution in [0.5, 0.6) is 0 Å². The van der Waals surface area contributed by atoms with Crippen molar-refractivity contribution in [2.24, 2.45) is 4.99 Å². The van der Waals surface area contributed by atoms with Gasteiger partial charge < -0.3 is 5.32 Å². The molecule has 1 aromatic carbocycles. The first kappa shape index (κ1) is 17.5. The molecule has 6 heteroatoms. The second kappa shape index (κ2) is 8.69. The van der Waals surface area contributed by atoms with Gasteiger partial charge in [-0.15, -0.1) is 0 Å². The number of benzene rings is 1. The minimum absolute atomic E-state index is 0.378. The van der Waals surface area contributed by atoms with Crippen molar-refractivity contribution in [3.63, 3.8) is 0 Å². The number of anilines is 1. The van der Waals surface area contributed by atoms with Gasteiger partial charge >= 0.3 is 0 Å². The molecule has 0 aromatic heterocycles. The van der Waals surface area contributed by atoms with Crippen LogP contribution in [0, 0.1) is 3.57 Å². The number of nitrogens with zero attached hydrogens (tertiary/aromatic N) is 2. The Labute approximate surface area is 155 Å². The van der Waals surface area contributed by atoms with Gasteiger partial charge in [-0.05, 0) is 65.5 Å². The molecule has 1 aromatic rings. The molecule has 1 unspecified atom stereocenters. The van der Waals surface area contributed by atoms with Crippen molar-refractivity contribution in [1.29, 1.82) is 0 Å². The highest BCUT2D eigenvalue weighted by atomic mass is 127. The Hall–Kier alpha value is -0.860. The summed E-state index contributed by atoms with van der Waals surface area (Å²) in [6.07, 6.45) is 6.33. The highest BCUT2D eigenvalue weighted by Crippen LogP contribution is 2.27. The predicted octanol–water partition coefficient (Wildman–Crippen LogP) is 4.87. The maximum absolute atomic E-state index is 5.61. The molecule has 3 nitrogen and oxygen atoms in total. The topological polar surface area (TPSA) is 27.6 Å². The summed E-state index contributed by atoms with van der Waals surface area (Å²) >= 11 is 9.64. The largest absolute Gasteiger partial charge is 0.332 e. The first-order valence-electron chi connectivity index (χ1n) is 6.99. The van der Waals surface area contributed by atoms with Crippen LogP contribution in [-0.4, -0.2) is 27.0 Å². The van der Waals surface area contributed by atoms with Crippen molar-refractivity contribution in [3.05, 3.63) is 52.8 Å². The SMILES string of the molecule is C=CC=CN=C1SCC(CC)N1C(=S)Nc1cccc(I)c1. The Balaban J connectivity index is 2.17. The summed E-state index contributed by atoms with van der Waals surface area (Å²) < 4.78 is 1.18. The van der Waals surface area contributed by atoms with Crippen molar-refractivity contribution in [3.8, 4) is 0 Å². The molecule has 2 rings (SSSR count). The molecule has 0 amide bonds. The van der Waals surface area contributed by atoms with Gasteiger partial charge in [0.25, 0.3) is 0 Å². The molecule has 1 heterocycles. The van der Waals surface area contributed by atoms with E-state index in [2.05, 4.69) is 63.4 Å². The number of rotatable bonds is 4. The van der Waals surface area contributed by atoms with Crippen LogP contribution in [0.2, 0.25) is 0 Å². The number of thioether (sulfide) groups is 1. The lowest BCUT2D eigenvalue weighted by Gasteiger charge is -2.26. The lowest BCUT2D eigenvalue weighted by molar-refractivity contribution is 0.483. The third-order valence-electron chi connectivity index (χ3n) is 3.15. The number of halogens is 1. The van der Waals surface area contributed by atoms with E-state index in [1.165, 1.54) is 3.57 Å². The van der Waals surface area contributed by atoms with Crippen LogP contribution < -0.4 is 5.32 Å². The van der Waals surface area contributed by atoms with E-state index in [4.69, 9.17) is 12.2 Å². The van der Waals surface area contributed by atoms with Crippen LogP contribution in [-0.2, 0) is 0 Å². The normalized spacial score (nSPS) is 19.8. The first-order chi connectivity index (χ1) is 10.7. The summed E-state index contributed by atoms with van der Waals surface area (Å²) in [5.41, 5.74) is 1.00. The number of aliphatic imine (C=N–C) groups is 1. The molecule has 1 N–H and O–H groups in total. The van der Waals surface area contributed by atoms with Crippen LogP contribution in [0.3, 0.4) is 0 Å². The fraction of sp³-hybridized carbons (Fsp3) is 0.250. The number of hydrogen-bond acceptors (Lipinski definition) is 3. The van der Waals surface area contributed by atoms with E-state index in [0.29, 0.717) is 11.2 Å². The van der Waals surface area contributed by atoms with E-state index < -0.39 is 0 Å². The summed E-state index contributed by atoms with van der Waals surface area (Å²) in [7, 11) is 0. The standard InChI is InChI=1S/C16H18IN3S2/c1-3-5-9-18-16-20(14(4-2)11-22-16)15(21)19-13-8-6-7-12(17)10-13/h3,5-10,14H,1,4,11H2,2H3,(H,19,21). The summed E-state index contributed by atoms with van der Waals surface area (Å²) in [5, 5.41) is 4.96. The molecule has 1 aliphatic heterocycles. The minimum atomic E-state index is 0.378. The van der Waals surface area contributed by atoms with Crippen LogP contribution in [0.4, 0.5) is 5.69 Å². The van der Waals surface area contributed by atoms with Crippen LogP contribution in [0.1, 0.15) is 13.3 Å². The monoisotopic (exact) mass is 443 g/mol. The zero-order valence-corrected chi connectivity index (χ0v) is 16.1. The fourth-order valence-corrected chi connectivity index (χ4v) is 4.24. The molecular weight excluding hydrogens is 425 g/mol. The molecule has 1 atom stereocenters. The smallest absolute Gasteiger partial charge is 0.179 e. The Kier molecular flexibility index (Phi) is 6.91. The van der Waals surface area contributed by atoms with Crippen molar-refractivity contribution in [2.75, 3.05) is 11.1 Å². The zero-order valence-electron chi connectivity index (χ0n) is 12.3. The summed E-state index contributed by atoms with van der Waals surface area (Å²) in [6.45, 7) is 5.83. The third kappa shape index (κ3) is 4.57. The van der Waals surface area contributed by atoms with Crippen molar-refractivity contribution >= 4 is 62.5 Å². The first-order valence-corrected chi connectivity index (χ1v) is 9.47. The van der Waals surface area contributed by atoms with Gasteiger partial charge in [0.2, 0.25) is 0 Å². The van der Waals surface area contributed by atoms with E-state index in [-0.39, 0.29) is 0 Å². The highest BCUT2D eigenvalue weighted by molar-refractivity contribution is 14.1. The van der Waals surface area contributed by atoms with Crippen LogP contribution in [0.25, 0.3) is 0 Å². The van der Waals surface area contributed by atoms with Crippen molar-refractivity contribution < 1.29 is 0 Å². The van der Waals surface area contributed by atoms with Crippen molar-refractivity contribution in [1.82, 2.24) is 4.90 Å². The molecular formula is C16H18IN3S2. The van der Waals surface area contributed by atoms with Gasteiger partial charge in [0.05, 0.1) is 0 Å². The Morgan fingerprint density at radius 3 is 3.14 bits per heavy atom. The molecule has 0 radical (unpaired) electrons. The Morgan fingerprint density at radius 1 is 1.64 bits per heavy atom. The molecule has 0 aliphatic carbocycles. The maximum Gasteiger partial charge on any atom is 0.179 e. The number of nitrogens with one attached hydrogen (secondary N) is 1. The van der Waals surface area contributed by atoms with Crippen LogP contribution >= 0.6 is 46.6 Å². The van der Waals surface area contributed by atoms with Gasteiger partial charge in [0.15, 0.2) is 10.3 Å². The van der Waals surface area contributed by atoms with E-state index in [0.717, 1.165) is 23.0 Å². The zero-order chi connectivity index (χ0) is 15.9. The molecule has 116 valence electrons. The van der Waals surface area contributed by atoms with E-state index in [1.54, 1.807) is 24.0 Å². The van der Waals surface area contributed by atoms with Gasteiger partial charge in [-0.25, -0.2) is 4.99 Å². The predicted molar refractivity (Wildman–Crippen MR) is 111 cm³/mol.